The summed E-state index contributed by atoms with van der Waals surface area (Å²) >= 11 is 0. The predicted molar refractivity (Wildman–Crippen MR) is 92.0 cm³/mol. The summed E-state index contributed by atoms with van der Waals surface area (Å²) in [5.74, 6) is 0. The zero-order chi connectivity index (χ0) is 15.4. The summed E-state index contributed by atoms with van der Waals surface area (Å²) in [6.45, 7) is 8.36. The van der Waals surface area contributed by atoms with Gasteiger partial charge < -0.3 is 10.2 Å². The van der Waals surface area contributed by atoms with E-state index in [0.717, 1.165) is 13.1 Å². The van der Waals surface area contributed by atoms with Crippen LogP contribution in [0, 0.1) is 20.8 Å². The maximum atomic E-state index is 3.54. The van der Waals surface area contributed by atoms with E-state index in [1.807, 2.05) is 0 Å². The lowest BCUT2D eigenvalue weighted by atomic mass is 10.0. The standard InChI is InChI=1S/C19H26N2/c1-14-10-16(3)18(11-15(14)2)13-20-12-17-6-8-19(9-7-17)21(4)5/h6-11,20H,12-13H2,1-5H3. The number of anilines is 1. The molecule has 0 bridgehead atoms. The van der Waals surface area contributed by atoms with Crippen LogP contribution >= 0.6 is 0 Å². The second-order valence-corrected chi connectivity index (χ2v) is 6.03. The minimum absolute atomic E-state index is 0.903. The smallest absolute Gasteiger partial charge is 0.0361 e. The summed E-state index contributed by atoms with van der Waals surface area (Å²) in [5, 5.41) is 3.54. The van der Waals surface area contributed by atoms with Gasteiger partial charge in [-0.1, -0.05) is 24.3 Å². The lowest BCUT2D eigenvalue weighted by Crippen LogP contribution is -2.14. The first-order valence-electron chi connectivity index (χ1n) is 7.51. The maximum Gasteiger partial charge on any atom is 0.0361 e. The molecule has 0 atom stereocenters. The molecule has 0 aliphatic heterocycles. The Morgan fingerprint density at radius 2 is 1.43 bits per heavy atom. The van der Waals surface area contributed by atoms with Crippen LogP contribution in [0.15, 0.2) is 36.4 Å². The Labute approximate surface area is 128 Å². The quantitative estimate of drug-likeness (QED) is 0.892. The minimum Gasteiger partial charge on any atom is -0.378 e. The van der Waals surface area contributed by atoms with Gasteiger partial charge in [0.2, 0.25) is 0 Å². The van der Waals surface area contributed by atoms with Gasteiger partial charge in [0.05, 0.1) is 0 Å². The third kappa shape index (κ3) is 4.08. The van der Waals surface area contributed by atoms with Gasteiger partial charge in [0, 0.05) is 32.9 Å². The van der Waals surface area contributed by atoms with Crippen molar-refractivity contribution in [2.24, 2.45) is 0 Å². The SMILES string of the molecule is Cc1cc(C)c(CNCc2ccc(N(C)C)cc2)cc1C. The Kier molecular flexibility index (Phi) is 5.03. The van der Waals surface area contributed by atoms with Crippen LogP contribution in [0.2, 0.25) is 0 Å². The molecule has 21 heavy (non-hydrogen) atoms. The number of benzene rings is 2. The molecule has 0 spiro atoms. The molecule has 0 heterocycles. The van der Waals surface area contributed by atoms with Crippen molar-refractivity contribution >= 4 is 5.69 Å². The molecule has 0 fully saturated rings. The lowest BCUT2D eigenvalue weighted by molar-refractivity contribution is 0.690. The topological polar surface area (TPSA) is 15.3 Å². The van der Waals surface area contributed by atoms with E-state index in [9.17, 15) is 0 Å². The summed E-state index contributed by atoms with van der Waals surface area (Å²) in [5.41, 5.74) is 8.06. The van der Waals surface area contributed by atoms with Crippen LogP contribution in [0.1, 0.15) is 27.8 Å². The molecule has 2 heteroatoms. The van der Waals surface area contributed by atoms with E-state index in [1.165, 1.54) is 33.5 Å². The lowest BCUT2D eigenvalue weighted by Gasteiger charge is -2.13. The van der Waals surface area contributed by atoms with Gasteiger partial charge in [-0.15, -0.1) is 0 Å². The Balaban J connectivity index is 1.94. The average Bonchev–Trinajstić information content (AvgIpc) is 2.45. The summed E-state index contributed by atoms with van der Waals surface area (Å²) in [4.78, 5) is 2.12. The Hall–Kier alpha value is -1.80. The number of nitrogens with one attached hydrogen (secondary N) is 1. The highest BCUT2D eigenvalue weighted by Gasteiger charge is 2.02. The van der Waals surface area contributed by atoms with Gasteiger partial charge in [-0.05, 0) is 60.7 Å². The number of hydrogen-bond donors (Lipinski definition) is 1. The summed E-state index contributed by atoms with van der Waals surface area (Å²) in [6, 6.07) is 13.3. The molecule has 2 aromatic carbocycles. The van der Waals surface area contributed by atoms with Crippen molar-refractivity contribution in [2.45, 2.75) is 33.9 Å². The van der Waals surface area contributed by atoms with Gasteiger partial charge in [-0.25, -0.2) is 0 Å². The van der Waals surface area contributed by atoms with Crippen LogP contribution in [-0.2, 0) is 13.1 Å². The molecule has 1 N–H and O–H groups in total. The number of aryl methyl sites for hydroxylation is 3. The molecule has 0 saturated heterocycles. The van der Waals surface area contributed by atoms with E-state index in [2.05, 4.69) is 81.5 Å². The molecule has 0 saturated carbocycles. The van der Waals surface area contributed by atoms with Crippen molar-refractivity contribution in [3.8, 4) is 0 Å². The fourth-order valence-electron chi connectivity index (χ4n) is 2.46. The molecule has 2 aromatic rings. The normalized spacial score (nSPS) is 10.7. The van der Waals surface area contributed by atoms with Crippen LogP contribution in [0.25, 0.3) is 0 Å². The average molecular weight is 282 g/mol. The van der Waals surface area contributed by atoms with Crippen molar-refractivity contribution in [1.29, 1.82) is 0 Å². The third-order valence-electron chi connectivity index (χ3n) is 4.05. The molecule has 2 nitrogen and oxygen atoms in total. The Morgan fingerprint density at radius 1 is 0.810 bits per heavy atom. The second kappa shape index (κ2) is 6.77. The van der Waals surface area contributed by atoms with Crippen LogP contribution in [-0.4, -0.2) is 14.1 Å². The number of hydrogen-bond acceptors (Lipinski definition) is 2. The van der Waals surface area contributed by atoms with Crippen LogP contribution in [0.4, 0.5) is 5.69 Å². The Bertz CT molecular complexity index is 598. The molecular weight excluding hydrogens is 256 g/mol. The maximum absolute atomic E-state index is 3.54. The second-order valence-electron chi connectivity index (χ2n) is 6.03. The molecule has 0 radical (unpaired) electrons. The fraction of sp³-hybridized carbons (Fsp3) is 0.368. The number of rotatable bonds is 5. The summed E-state index contributed by atoms with van der Waals surface area (Å²) in [6.07, 6.45) is 0. The molecule has 0 aromatic heterocycles. The minimum atomic E-state index is 0.903. The summed E-state index contributed by atoms with van der Waals surface area (Å²) in [7, 11) is 4.13. The van der Waals surface area contributed by atoms with Gasteiger partial charge in [0.15, 0.2) is 0 Å². The van der Waals surface area contributed by atoms with Crippen LogP contribution < -0.4 is 10.2 Å². The first kappa shape index (κ1) is 15.6. The van der Waals surface area contributed by atoms with Gasteiger partial charge in [-0.2, -0.15) is 0 Å². The zero-order valence-electron chi connectivity index (χ0n) is 13.8. The van der Waals surface area contributed by atoms with Crippen molar-refractivity contribution < 1.29 is 0 Å². The summed E-state index contributed by atoms with van der Waals surface area (Å²) < 4.78 is 0. The highest BCUT2D eigenvalue weighted by atomic mass is 15.1. The van der Waals surface area contributed by atoms with Crippen molar-refractivity contribution in [3.05, 3.63) is 64.2 Å². The van der Waals surface area contributed by atoms with E-state index >= 15 is 0 Å². The van der Waals surface area contributed by atoms with Gasteiger partial charge in [0.25, 0.3) is 0 Å². The van der Waals surface area contributed by atoms with E-state index in [-0.39, 0.29) is 0 Å². The highest BCUT2D eigenvalue weighted by molar-refractivity contribution is 5.46. The van der Waals surface area contributed by atoms with E-state index in [1.54, 1.807) is 0 Å². The van der Waals surface area contributed by atoms with Crippen molar-refractivity contribution in [2.75, 3.05) is 19.0 Å². The van der Waals surface area contributed by atoms with Gasteiger partial charge in [0.1, 0.15) is 0 Å². The van der Waals surface area contributed by atoms with Crippen LogP contribution in [0.3, 0.4) is 0 Å². The molecule has 2 rings (SSSR count). The fourth-order valence-corrected chi connectivity index (χ4v) is 2.46. The van der Waals surface area contributed by atoms with Crippen molar-refractivity contribution in [1.82, 2.24) is 5.32 Å². The van der Waals surface area contributed by atoms with E-state index in [4.69, 9.17) is 0 Å². The number of nitrogens with zero attached hydrogens (tertiary/aromatic N) is 1. The largest absolute Gasteiger partial charge is 0.378 e. The third-order valence-corrected chi connectivity index (χ3v) is 4.05. The molecule has 0 amide bonds. The molecule has 0 aliphatic carbocycles. The van der Waals surface area contributed by atoms with Crippen LogP contribution in [0.5, 0.6) is 0 Å². The monoisotopic (exact) mass is 282 g/mol. The Morgan fingerprint density at radius 3 is 2.05 bits per heavy atom. The molecule has 0 unspecified atom stereocenters. The van der Waals surface area contributed by atoms with Gasteiger partial charge in [-0.3, -0.25) is 0 Å². The molecular formula is C19H26N2. The van der Waals surface area contributed by atoms with E-state index < -0.39 is 0 Å². The predicted octanol–water partition coefficient (Wildman–Crippen LogP) is 3.97. The zero-order valence-corrected chi connectivity index (χ0v) is 13.8. The molecule has 0 aliphatic rings. The van der Waals surface area contributed by atoms with Gasteiger partial charge >= 0.3 is 0 Å². The van der Waals surface area contributed by atoms with Crippen molar-refractivity contribution in [3.63, 3.8) is 0 Å². The first-order valence-corrected chi connectivity index (χ1v) is 7.51. The van der Waals surface area contributed by atoms with E-state index in [0.29, 0.717) is 0 Å². The highest BCUT2D eigenvalue weighted by Crippen LogP contribution is 2.16. The first-order chi connectivity index (χ1) is 9.97. The molecule has 112 valence electrons.